The van der Waals surface area contributed by atoms with Crippen LogP contribution in [0.5, 0.6) is 0 Å². The van der Waals surface area contributed by atoms with Crippen LogP contribution in [0.4, 0.5) is 5.69 Å². The average molecular weight is 501 g/mol. The Morgan fingerprint density at radius 1 is 1.19 bits per heavy atom. The molecule has 9 heteroatoms. The lowest BCUT2D eigenvalue weighted by molar-refractivity contribution is -0.384. The quantitative estimate of drug-likeness (QED) is 0.263. The van der Waals surface area contributed by atoms with E-state index in [0.29, 0.717) is 5.75 Å². The van der Waals surface area contributed by atoms with E-state index in [-0.39, 0.29) is 17.3 Å². The first-order valence-corrected chi connectivity index (χ1v) is 11.4. The zero-order chi connectivity index (χ0) is 22.4. The van der Waals surface area contributed by atoms with Gasteiger partial charge in [0.15, 0.2) is 0 Å². The molecule has 3 rings (SSSR count). The van der Waals surface area contributed by atoms with Crippen molar-refractivity contribution >= 4 is 45.5 Å². The van der Waals surface area contributed by atoms with E-state index in [4.69, 9.17) is 0 Å². The molecule has 0 aliphatic heterocycles. The van der Waals surface area contributed by atoms with Gasteiger partial charge in [0.25, 0.3) is 5.69 Å². The van der Waals surface area contributed by atoms with Crippen LogP contribution < -0.4 is 5.43 Å². The summed E-state index contributed by atoms with van der Waals surface area (Å²) >= 11 is 4.87. The molecule has 1 N–H and O–H groups in total. The maximum atomic E-state index is 12.0. The number of aromatic nitrogens is 1. The Kier molecular flexibility index (Phi) is 7.64. The van der Waals surface area contributed by atoms with E-state index < -0.39 is 4.92 Å². The van der Waals surface area contributed by atoms with Crippen LogP contribution in [0.15, 0.2) is 64.2 Å². The summed E-state index contributed by atoms with van der Waals surface area (Å²) in [5, 5.41) is 14.8. The number of hydrogen-bond acceptors (Lipinski definition) is 5. The molecule has 0 fully saturated rings. The Morgan fingerprint density at radius 2 is 1.87 bits per heavy atom. The van der Waals surface area contributed by atoms with Crippen molar-refractivity contribution in [2.24, 2.45) is 5.10 Å². The van der Waals surface area contributed by atoms with Crippen molar-refractivity contribution in [1.29, 1.82) is 0 Å². The number of carbonyl (C=O) groups is 1. The highest BCUT2D eigenvalue weighted by Crippen LogP contribution is 2.21. The molecule has 160 valence electrons. The second-order valence-electron chi connectivity index (χ2n) is 6.85. The summed E-state index contributed by atoms with van der Waals surface area (Å²) in [5.74, 6) is 0.625. The molecule has 0 bridgehead atoms. The van der Waals surface area contributed by atoms with Gasteiger partial charge in [-0.2, -0.15) is 5.10 Å². The van der Waals surface area contributed by atoms with Gasteiger partial charge in [0.2, 0.25) is 5.91 Å². The first-order valence-electron chi connectivity index (χ1n) is 9.43. The first kappa shape index (κ1) is 22.8. The summed E-state index contributed by atoms with van der Waals surface area (Å²) in [7, 11) is 0. The molecule has 3 aromatic rings. The van der Waals surface area contributed by atoms with Crippen LogP contribution in [-0.2, 0) is 10.5 Å². The van der Waals surface area contributed by atoms with Gasteiger partial charge >= 0.3 is 0 Å². The van der Waals surface area contributed by atoms with Gasteiger partial charge in [-0.15, -0.1) is 11.8 Å². The molecule has 7 nitrogen and oxygen atoms in total. The molecule has 31 heavy (non-hydrogen) atoms. The third-order valence-electron chi connectivity index (χ3n) is 4.60. The second kappa shape index (κ2) is 10.4. The summed E-state index contributed by atoms with van der Waals surface area (Å²) in [6.45, 7) is 4.04. The number of amides is 1. The zero-order valence-electron chi connectivity index (χ0n) is 17.0. The number of halogens is 1. The van der Waals surface area contributed by atoms with Crippen molar-refractivity contribution in [3.63, 3.8) is 0 Å². The van der Waals surface area contributed by atoms with Crippen molar-refractivity contribution in [3.8, 4) is 5.69 Å². The normalized spacial score (nSPS) is 11.1. The predicted octanol–water partition coefficient (Wildman–Crippen LogP) is 5.15. The minimum Gasteiger partial charge on any atom is -0.318 e. The number of benzene rings is 2. The molecule has 2 aromatic carbocycles. The Labute approximate surface area is 192 Å². The van der Waals surface area contributed by atoms with Gasteiger partial charge in [-0.05, 0) is 49.7 Å². The number of rotatable bonds is 8. The Morgan fingerprint density at radius 3 is 2.52 bits per heavy atom. The fourth-order valence-corrected chi connectivity index (χ4v) is 4.13. The van der Waals surface area contributed by atoms with Crippen molar-refractivity contribution in [2.45, 2.75) is 19.6 Å². The van der Waals surface area contributed by atoms with Crippen molar-refractivity contribution in [1.82, 2.24) is 9.99 Å². The summed E-state index contributed by atoms with van der Waals surface area (Å²) in [6.07, 6.45) is 1.65. The van der Waals surface area contributed by atoms with Crippen LogP contribution in [0.2, 0.25) is 0 Å². The van der Waals surface area contributed by atoms with Gasteiger partial charge in [-0.3, -0.25) is 14.9 Å². The average Bonchev–Trinajstić information content (AvgIpc) is 3.02. The minimum absolute atomic E-state index is 0.0559. The highest BCUT2D eigenvalue weighted by atomic mass is 79.9. The van der Waals surface area contributed by atoms with E-state index in [1.807, 2.05) is 44.2 Å². The maximum Gasteiger partial charge on any atom is 0.269 e. The highest BCUT2D eigenvalue weighted by Gasteiger charge is 2.10. The highest BCUT2D eigenvalue weighted by molar-refractivity contribution is 9.10. The summed E-state index contributed by atoms with van der Waals surface area (Å²) in [5.41, 5.74) is 7.63. The van der Waals surface area contributed by atoms with E-state index in [0.717, 1.165) is 32.7 Å². The smallest absolute Gasteiger partial charge is 0.269 e. The second-order valence-corrected chi connectivity index (χ2v) is 8.75. The number of nitrogens with one attached hydrogen (secondary N) is 1. The number of non-ortho nitro benzene ring substituents is 1. The van der Waals surface area contributed by atoms with Crippen LogP contribution in [0, 0.1) is 24.0 Å². The largest absolute Gasteiger partial charge is 0.318 e. The van der Waals surface area contributed by atoms with Crippen LogP contribution >= 0.6 is 27.7 Å². The van der Waals surface area contributed by atoms with Crippen LogP contribution in [-0.4, -0.2) is 27.4 Å². The summed E-state index contributed by atoms with van der Waals surface area (Å²) in [6, 6.07) is 16.4. The number of nitro groups is 1. The zero-order valence-corrected chi connectivity index (χ0v) is 19.4. The monoisotopic (exact) mass is 500 g/mol. The van der Waals surface area contributed by atoms with Crippen molar-refractivity contribution in [2.75, 3.05) is 5.75 Å². The molecule has 0 saturated carbocycles. The van der Waals surface area contributed by atoms with E-state index in [1.54, 1.807) is 18.3 Å². The van der Waals surface area contributed by atoms with E-state index in [2.05, 4.69) is 31.0 Å². The Balaban J connectivity index is 1.52. The first-order chi connectivity index (χ1) is 14.8. The van der Waals surface area contributed by atoms with Gasteiger partial charge in [0.05, 0.1) is 16.9 Å². The third-order valence-corrected chi connectivity index (χ3v) is 6.13. The minimum atomic E-state index is -0.432. The SMILES string of the molecule is Cc1cc(/C=N\NC(=O)CSCc2ccc([N+](=O)[O-])cc2)c(C)n1-c1ccc(Br)cc1. The van der Waals surface area contributed by atoms with Gasteiger partial charge in [-0.1, -0.05) is 28.1 Å². The molecule has 0 aliphatic carbocycles. The molecule has 1 heterocycles. The molecule has 0 unspecified atom stereocenters. The lowest BCUT2D eigenvalue weighted by Gasteiger charge is -2.09. The van der Waals surface area contributed by atoms with E-state index in [1.165, 1.54) is 23.9 Å². The number of carbonyl (C=O) groups excluding carboxylic acids is 1. The van der Waals surface area contributed by atoms with Crippen LogP contribution in [0.3, 0.4) is 0 Å². The standard InChI is InChI=1S/C22H21BrN4O3S/c1-15-11-18(16(2)26(15)20-9-5-19(23)6-10-20)12-24-25-22(28)14-31-13-17-3-7-21(8-4-17)27(29)30/h3-12H,13-14H2,1-2H3,(H,25,28)/b24-12-. The maximum absolute atomic E-state index is 12.0. The number of nitro benzene ring substituents is 1. The van der Waals surface area contributed by atoms with E-state index in [9.17, 15) is 14.9 Å². The van der Waals surface area contributed by atoms with Crippen LogP contribution in [0.1, 0.15) is 22.5 Å². The van der Waals surface area contributed by atoms with Crippen molar-refractivity contribution in [3.05, 3.63) is 91.7 Å². The lowest BCUT2D eigenvalue weighted by Crippen LogP contribution is -2.19. The fraction of sp³-hybridized carbons (Fsp3) is 0.182. The van der Waals surface area contributed by atoms with E-state index >= 15 is 0 Å². The molecule has 1 amide bonds. The van der Waals surface area contributed by atoms with Gasteiger partial charge < -0.3 is 4.57 Å². The Hall–Kier alpha value is -2.91. The topological polar surface area (TPSA) is 89.5 Å². The lowest BCUT2D eigenvalue weighted by atomic mass is 10.2. The Bertz CT molecular complexity index is 1110. The number of aryl methyl sites for hydroxylation is 1. The predicted molar refractivity (Wildman–Crippen MR) is 128 cm³/mol. The summed E-state index contributed by atoms with van der Waals surface area (Å²) < 4.78 is 3.16. The molecule has 0 radical (unpaired) electrons. The molecule has 0 aliphatic rings. The van der Waals surface area contributed by atoms with Crippen LogP contribution in [0.25, 0.3) is 5.69 Å². The number of thioether (sulfide) groups is 1. The van der Waals surface area contributed by atoms with Gasteiger partial charge in [0, 0.05) is 45.0 Å². The molecule has 0 spiro atoms. The molecule has 1 aromatic heterocycles. The number of hydrogen-bond donors (Lipinski definition) is 1. The fourth-order valence-electron chi connectivity index (χ4n) is 3.09. The number of hydrazone groups is 1. The third kappa shape index (κ3) is 6.05. The van der Waals surface area contributed by atoms with Gasteiger partial charge in [-0.25, -0.2) is 5.43 Å². The molecule has 0 saturated heterocycles. The van der Waals surface area contributed by atoms with Crippen molar-refractivity contribution < 1.29 is 9.72 Å². The summed E-state index contributed by atoms with van der Waals surface area (Å²) in [4.78, 5) is 22.3. The molecular formula is C22H21BrN4O3S. The van der Waals surface area contributed by atoms with Gasteiger partial charge in [0.1, 0.15) is 0 Å². The molecule has 0 atom stereocenters. The number of nitrogens with zero attached hydrogens (tertiary/aromatic N) is 3. The molecular weight excluding hydrogens is 480 g/mol.